The van der Waals surface area contributed by atoms with Crippen molar-refractivity contribution in [1.29, 1.82) is 0 Å². The SMILES string of the molecule is CCn1c(S[C@@H](C)c2nc3ccccc3c(=O)[nH]2)nnc1-c1ccccc1OC. The number of para-hydroxylation sites is 2. The molecule has 8 heteroatoms. The smallest absolute Gasteiger partial charge is 0.258 e. The van der Waals surface area contributed by atoms with Gasteiger partial charge in [-0.25, -0.2) is 4.98 Å². The average Bonchev–Trinajstić information content (AvgIpc) is 3.15. The molecule has 4 aromatic rings. The van der Waals surface area contributed by atoms with Gasteiger partial charge in [0.05, 0.1) is 28.8 Å². The third-order valence-corrected chi connectivity index (χ3v) is 5.77. The molecule has 7 nitrogen and oxygen atoms in total. The number of fused-ring (bicyclic) bond motifs is 1. The summed E-state index contributed by atoms with van der Waals surface area (Å²) in [5.74, 6) is 2.11. The molecular formula is C21H21N5O2S. The number of aromatic nitrogens is 5. The number of aromatic amines is 1. The molecule has 1 N–H and O–H groups in total. The average molecular weight is 407 g/mol. The highest BCUT2D eigenvalue weighted by atomic mass is 32.2. The van der Waals surface area contributed by atoms with Crippen molar-refractivity contribution in [3.63, 3.8) is 0 Å². The van der Waals surface area contributed by atoms with E-state index in [0.29, 0.717) is 23.3 Å². The Morgan fingerprint density at radius 1 is 1.14 bits per heavy atom. The van der Waals surface area contributed by atoms with Gasteiger partial charge in [0.15, 0.2) is 11.0 Å². The molecule has 0 aliphatic rings. The molecule has 0 aliphatic carbocycles. The largest absolute Gasteiger partial charge is 0.496 e. The van der Waals surface area contributed by atoms with Gasteiger partial charge in [-0.1, -0.05) is 36.0 Å². The van der Waals surface area contributed by atoms with E-state index in [4.69, 9.17) is 4.74 Å². The van der Waals surface area contributed by atoms with Crippen LogP contribution >= 0.6 is 11.8 Å². The number of ether oxygens (including phenoxy) is 1. The molecule has 148 valence electrons. The first kappa shape index (κ1) is 19.2. The summed E-state index contributed by atoms with van der Waals surface area (Å²) in [6.07, 6.45) is 0. The van der Waals surface area contributed by atoms with E-state index in [1.54, 1.807) is 13.2 Å². The minimum Gasteiger partial charge on any atom is -0.496 e. The summed E-state index contributed by atoms with van der Waals surface area (Å²) in [7, 11) is 1.64. The van der Waals surface area contributed by atoms with E-state index in [2.05, 4.69) is 20.2 Å². The molecule has 1 atom stereocenters. The van der Waals surface area contributed by atoms with Gasteiger partial charge in [0.1, 0.15) is 11.6 Å². The number of methoxy groups -OCH3 is 1. The maximum Gasteiger partial charge on any atom is 0.258 e. The second-order valence-corrected chi connectivity index (χ2v) is 7.79. The first-order chi connectivity index (χ1) is 14.1. The van der Waals surface area contributed by atoms with E-state index in [1.807, 2.05) is 60.9 Å². The lowest BCUT2D eigenvalue weighted by Crippen LogP contribution is -2.13. The molecule has 0 aliphatic heterocycles. The van der Waals surface area contributed by atoms with Gasteiger partial charge in [-0.15, -0.1) is 10.2 Å². The van der Waals surface area contributed by atoms with Crippen molar-refractivity contribution in [2.75, 3.05) is 7.11 Å². The molecule has 0 radical (unpaired) electrons. The van der Waals surface area contributed by atoms with E-state index in [-0.39, 0.29) is 10.8 Å². The Morgan fingerprint density at radius 2 is 1.90 bits per heavy atom. The monoisotopic (exact) mass is 407 g/mol. The summed E-state index contributed by atoms with van der Waals surface area (Å²) in [6, 6.07) is 15.1. The molecule has 0 saturated heterocycles. The van der Waals surface area contributed by atoms with Gasteiger partial charge >= 0.3 is 0 Å². The van der Waals surface area contributed by atoms with Crippen LogP contribution in [0.2, 0.25) is 0 Å². The summed E-state index contributed by atoms with van der Waals surface area (Å²) < 4.78 is 7.52. The van der Waals surface area contributed by atoms with E-state index >= 15 is 0 Å². The molecule has 0 saturated carbocycles. The van der Waals surface area contributed by atoms with Crippen molar-refractivity contribution in [3.8, 4) is 17.1 Å². The van der Waals surface area contributed by atoms with Crippen LogP contribution in [0, 0.1) is 0 Å². The predicted octanol–water partition coefficient (Wildman–Crippen LogP) is 4.06. The second-order valence-electron chi connectivity index (χ2n) is 6.48. The molecular weight excluding hydrogens is 386 g/mol. The number of nitrogens with one attached hydrogen (secondary N) is 1. The van der Waals surface area contributed by atoms with E-state index in [1.165, 1.54) is 11.8 Å². The fourth-order valence-electron chi connectivity index (χ4n) is 3.20. The van der Waals surface area contributed by atoms with Gasteiger partial charge in [0.2, 0.25) is 0 Å². The van der Waals surface area contributed by atoms with Crippen LogP contribution in [-0.2, 0) is 6.54 Å². The molecule has 2 heterocycles. The number of rotatable bonds is 6. The van der Waals surface area contributed by atoms with Gasteiger partial charge in [0, 0.05) is 6.54 Å². The Labute approximate surface area is 172 Å². The zero-order valence-corrected chi connectivity index (χ0v) is 17.2. The standard InChI is InChI=1S/C21H21N5O2S/c1-4-26-19(15-10-6-8-12-17(15)28-3)24-25-21(26)29-13(2)18-22-16-11-7-5-9-14(16)20(27)23-18/h5-13H,4H2,1-3H3,(H,22,23,27)/t13-/m0/s1. The maximum atomic E-state index is 12.4. The van der Waals surface area contributed by atoms with Gasteiger partial charge in [0.25, 0.3) is 5.56 Å². The Hall–Kier alpha value is -3.13. The summed E-state index contributed by atoms with van der Waals surface area (Å²) in [4.78, 5) is 19.9. The van der Waals surface area contributed by atoms with Crippen LogP contribution in [0.5, 0.6) is 5.75 Å². The fourth-order valence-corrected chi connectivity index (χ4v) is 4.17. The molecule has 0 spiro atoms. The zero-order valence-electron chi connectivity index (χ0n) is 16.4. The normalized spacial score (nSPS) is 12.2. The van der Waals surface area contributed by atoms with Crippen molar-refractivity contribution < 1.29 is 4.74 Å². The van der Waals surface area contributed by atoms with Crippen molar-refractivity contribution in [3.05, 3.63) is 64.7 Å². The Balaban J connectivity index is 1.68. The molecule has 0 bridgehead atoms. The molecule has 29 heavy (non-hydrogen) atoms. The number of H-pyrrole nitrogens is 1. The summed E-state index contributed by atoms with van der Waals surface area (Å²) in [5, 5.41) is 10.0. The molecule has 2 aromatic heterocycles. The van der Waals surface area contributed by atoms with E-state index < -0.39 is 0 Å². The predicted molar refractivity (Wildman–Crippen MR) is 114 cm³/mol. The van der Waals surface area contributed by atoms with Crippen LogP contribution in [0.3, 0.4) is 0 Å². The number of benzene rings is 2. The lowest BCUT2D eigenvalue weighted by molar-refractivity contribution is 0.416. The first-order valence-electron chi connectivity index (χ1n) is 9.34. The quantitative estimate of drug-likeness (QED) is 0.485. The van der Waals surface area contributed by atoms with Crippen molar-refractivity contribution in [2.45, 2.75) is 30.8 Å². The fraction of sp³-hybridized carbons (Fsp3) is 0.238. The Kier molecular flexibility index (Phi) is 5.35. The first-order valence-corrected chi connectivity index (χ1v) is 10.2. The van der Waals surface area contributed by atoms with Crippen molar-refractivity contribution in [2.24, 2.45) is 0 Å². The molecule has 2 aromatic carbocycles. The Morgan fingerprint density at radius 3 is 2.69 bits per heavy atom. The highest BCUT2D eigenvalue weighted by Crippen LogP contribution is 2.35. The third kappa shape index (κ3) is 3.63. The van der Waals surface area contributed by atoms with E-state index in [9.17, 15) is 4.79 Å². The van der Waals surface area contributed by atoms with Crippen LogP contribution in [0.15, 0.2) is 58.5 Å². The minimum atomic E-state index is -0.135. The van der Waals surface area contributed by atoms with Crippen LogP contribution in [0.4, 0.5) is 0 Å². The molecule has 0 amide bonds. The Bertz CT molecular complexity index is 1220. The molecule has 0 fully saturated rings. The lowest BCUT2D eigenvalue weighted by Gasteiger charge is -2.13. The van der Waals surface area contributed by atoms with Crippen LogP contribution in [0.1, 0.15) is 24.9 Å². The zero-order chi connectivity index (χ0) is 20.4. The van der Waals surface area contributed by atoms with Gasteiger partial charge in [-0.3, -0.25) is 4.79 Å². The number of hydrogen-bond donors (Lipinski definition) is 1. The minimum absolute atomic E-state index is 0.104. The summed E-state index contributed by atoms with van der Waals surface area (Å²) in [6.45, 7) is 4.75. The van der Waals surface area contributed by atoms with Gasteiger partial charge in [-0.05, 0) is 38.1 Å². The van der Waals surface area contributed by atoms with E-state index in [0.717, 1.165) is 22.3 Å². The van der Waals surface area contributed by atoms with Crippen molar-refractivity contribution in [1.82, 2.24) is 24.7 Å². The number of nitrogens with zero attached hydrogens (tertiary/aromatic N) is 4. The summed E-state index contributed by atoms with van der Waals surface area (Å²) in [5.41, 5.74) is 1.44. The highest BCUT2D eigenvalue weighted by Gasteiger charge is 2.20. The van der Waals surface area contributed by atoms with Crippen molar-refractivity contribution >= 4 is 22.7 Å². The highest BCUT2D eigenvalue weighted by molar-refractivity contribution is 7.99. The maximum absolute atomic E-state index is 12.4. The van der Waals surface area contributed by atoms with Gasteiger partial charge < -0.3 is 14.3 Å². The summed E-state index contributed by atoms with van der Waals surface area (Å²) >= 11 is 1.51. The number of hydrogen-bond acceptors (Lipinski definition) is 6. The number of thioether (sulfide) groups is 1. The van der Waals surface area contributed by atoms with Gasteiger partial charge in [-0.2, -0.15) is 0 Å². The molecule has 0 unspecified atom stereocenters. The lowest BCUT2D eigenvalue weighted by atomic mass is 10.2. The van der Waals surface area contributed by atoms with Crippen LogP contribution in [0.25, 0.3) is 22.3 Å². The van der Waals surface area contributed by atoms with Crippen LogP contribution in [-0.4, -0.2) is 31.8 Å². The molecule has 4 rings (SSSR count). The van der Waals surface area contributed by atoms with Crippen LogP contribution < -0.4 is 10.3 Å². The third-order valence-electron chi connectivity index (χ3n) is 4.68. The second kappa shape index (κ2) is 8.08. The topological polar surface area (TPSA) is 85.7 Å².